The lowest BCUT2D eigenvalue weighted by Crippen LogP contribution is -2.55. The lowest BCUT2D eigenvalue weighted by atomic mass is 9.96. The summed E-state index contributed by atoms with van der Waals surface area (Å²) in [6.45, 7) is 2.90. The van der Waals surface area contributed by atoms with Crippen LogP contribution in [0.3, 0.4) is 0 Å². The predicted octanol–water partition coefficient (Wildman–Crippen LogP) is 3.81. The van der Waals surface area contributed by atoms with Crippen LogP contribution < -0.4 is 20.7 Å². The normalized spacial score (nSPS) is 22.1. The SMILES string of the molecule is CC(C)(Oc1ccc(F)c(C(F)(F)F)c1)C(=O)NC1CC2CCC(C1)N2c1ccc(C(N)=O)cn1. The van der Waals surface area contributed by atoms with E-state index in [2.05, 4.69) is 15.2 Å². The molecule has 35 heavy (non-hydrogen) atoms. The van der Waals surface area contributed by atoms with Crippen LogP contribution in [0.25, 0.3) is 0 Å². The number of fused-ring (bicyclic) bond motifs is 2. The second kappa shape index (κ2) is 9.01. The standard InChI is InChI=1S/C24H26F4N4O3/c1-23(2,35-17-6-7-19(25)18(11-17)24(26,27)28)22(34)31-14-9-15-4-5-16(10-14)32(15)20-8-3-13(12-30-20)21(29)33/h3,6-8,11-12,14-16H,4-5,9-10H2,1-2H3,(H2,29,33)(H,31,34). The highest BCUT2D eigenvalue weighted by Crippen LogP contribution is 2.39. The highest BCUT2D eigenvalue weighted by atomic mass is 19.4. The number of aromatic nitrogens is 1. The molecule has 11 heteroatoms. The molecular formula is C24H26F4N4O3. The summed E-state index contributed by atoms with van der Waals surface area (Å²) in [6, 6.07) is 5.82. The van der Waals surface area contributed by atoms with E-state index in [4.69, 9.17) is 10.5 Å². The highest BCUT2D eigenvalue weighted by Gasteiger charge is 2.43. The van der Waals surface area contributed by atoms with Crippen LogP contribution in [0.2, 0.25) is 0 Å². The molecule has 3 N–H and O–H groups in total. The number of primary amides is 1. The molecule has 2 atom stereocenters. The fourth-order valence-electron chi connectivity index (χ4n) is 4.84. The number of rotatable bonds is 6. The fraction of sp³-hybridized carbons (Fsp3) is 0.458. The average Bonchev–Trinajstić information content (AvgIpc) is 3.04. The maximum Gasteiger partial charge on any atom is 0.419 e. The Bertz CT molecular complexity index is 1110. The van der Waals surface area contributed by atoms with Crippen LogP contribution in [0.4, 0.5) is 23.4 Å². The molecule has 2 bridgehead atoms. The number of benzene rings is 1. The molecule has 2 amide bonds. The molecule has 2 fully saturated rings. The van der Waals surface area contributed by atoms with E-state index in [1.54, 1.807) is 12.1 Å². The summed E-state index contributed by atoms with van der Waals surface area (Å²) >= 11 is 0. The third-order valence-corrected chi connectivity index (χ3v) is 6.53. The molecule has 2 aliphatic heterocycles. The molecule has 2 aliphatic rings. The Morgan fingerprint density at radius 2 is 1.77 bits per heavy atom. The van der Waals surface area contributed by atoms with Gasteiger partial charge in [-0.3, -0.25) is 9.59 Å². The van der Waals surface area contributed by atoms with E-state index in [1.807, 2.05) is 0 Å². The summed E-state index contributed by atoms with van der Waals surface area (Å²) in [7, 11) is 0. The smallest absolute Gasteiger partial charge is 0.419 e. The van der Waals surface area contributed by atoms with Crippen molar-refractivity contribution < 1.29 is 31.9 Å². The molecular weight excluding hydrogens is 468 g/mol. The number of hydrogen-bond donors (Lipinski definition) is 2. The minimum absolute atomic E-state index is 0.140. The first-order chi connectivity index (χ1) is 16.3. The second-order valence-corrected chi connectivity index (χ2v) is 9.46. The average molecular weight is 494 g/mol. The summed E-state index contributed by atoms with van der Waals surface area (Å²) in [5.41, 5.74) is 2.67. The maximum absolute atomic E-state index is 13.6. The fourth-order valence-corrected chi connectivity index (χ4v) is 4.84. The molecule has 7 nitrogen and oxygen atoms in total. The van der Waals surface area contributed by atoms with Gasteiger partial charge in [0.1, 0.15) is 17.4 Å². The number of ether oxygens (including phenoxy) is 1. The Kier molecular flexibility index (Phi) is 6.37. The van der Waals surface area contributed by atoms with Gasteiger partial charge in [0.25, 0.3) is 5.91 Å². The third kappa shape index (κ3) is 5.18. The van der Waals surface area contributed by atoms with Crippen molar-refractivity contribution in [1.82, 2.24) is 10.3 Å². The molecule has 0 aliphatic carbocycles. The minimum atomic E-state index is -4.88. The number of piperidine rings is 1. The molecule has 2 aromatic rings. The summed E-state index contributed by atoms with van der Waals surface area (Å²) < 4.78 is 58.2. The minimum Gasteiger partial charge on any atom is -0.478 e. The molecule has 0 radical (unpaired) electrons. The number of nitrogens with zero attached hydrogens (tertiary/aromatic N) is 2. The molecule has 2 saturated heterocycles. The number of nitrogens with two attached hydrogens (primary N) is 1. The van der Waals surface area contributed by atoms with Gasteiger partial charge in [-0.25, -0.2) is 9.37 Å². The van der Waals surface area contributed by atoms with Crippen molar-refractivity contribution in [2.24, 2.45) is 5.73 Å². The molecule has 0 saturated carbocycles. The maximum atomic E-state index is 13.6. The van der Waals surface area contributed by atoms with Crippen molar-refractivity contribution in [1.29, 1.82) is 0 Å². The highest BCUT2D eigenvalue weighted by molar-refractivity contribution is 5.92. The zero-order chi connectivity index (χ0) is 25.5. The van der Waals surface area contributed by atoms with Gasteiger partial charge in [-0.15, -0.1) is 0 Å². The lowest BCUT2D eigenvalue weighted by Gasteiger charge is -2.40. The topological polar surface area (TPSA) is 97.5 Å². The second-order valence-electron chi connectivity index (χ2n) is 9.46. The molecule has 4 rings (SSSR count). The van der Waals surface area contributed by atoms with Gasteiger partial charge >= 0.3 is 6.18 Å². The summed E-state index contributed by atoms with van der Waals surface area (Å²) in [5, 5.41) is 2.96. The van der Waals surface area contributed by atoms with E-state index in [9.17, 15) is 27.2 Å². The number of alkyl halides is 3. The van der Waals surface area contributed by atoms with Gasteiger partial charge in [0.15, 0.2) is 5.60 Å². The van der Waals surface area contributed by atoms with Crippen LogP contribution in [0.1, 0.15) is 55.5 Å². The summed E-state index contributed by atoms with van der Waals surface area (Å²) in [4.78, 5) is 30.8. The van der Waals surface area contributed by atoms with Gasteiger partial charge in [0, 0.05) is 24.3 Å². The van der Waals surface area contributed by atoms with Crippen LogP contribution in [-0.4, -0.2) is 40.5 Å². The lowest BCUT2D eigenvalue weighted by molar-refractivity contribution is -0.140. The van der Waals surface area contributed by atoms with Crippen molar-refractivity contribution >= 4 is 17.6 Å². The number of carbonyl (C=O) groups is 2. The summed E-state index contributed by atoms with van der Waals surface area (Å²) in [5.74, 6) is -1.94. The largest absolute Gasteiger partial charge is 0.478 e. The Balaban J connectivity index is 1.40. The van der Waals surface area contributed by atoms with Crippen molar-refractivity contribution in [3.05, 3.63) is 53.5 Å². The Labute approximate surface area is 199 Å². The van der Waals surface area contributed by atoms with E-state index in [-0.39, 0.29) is 23.9 Å². The zero-order valence-corrected chi connectivity index (χ0v) is 19.2. The molecule has 188 valence electrons. The molecule has 3 heterocycles. The van der Waals surface area contributed by atoms with Crippen molar-refractivity contribution in [3.63, 3.8) is 0 Å². The number of pyridine rings is 1. The van der Waals surface area contributed by atoms with Crippen LogP contribution in [0.5, 0.6) is 5.75 Å². The van der Waals surface area contributed by atoms with Gasteiger partial charge in [0.05, 0.1) is 11.1 Å². The number of anilines is 1. The predicted molar refractivity (Wildman–Crippen MR) is 119 cm³/mol. The van der Waals surface area contributed by atoms with Gasteiger partial charge in [-0.05, 0) is 69.9 Å². The van der Waals surface area contributed by atoms with Gasteiger partial charge in [0.2, 0.25) is 5.91 Å². The van der Waals surface area contributed by atoms with E-state index in [0.717, 1.165) is 24.7 Å². The molecule has 1 aromatic carbocycles. The monoisotopic (exact) mass is 494 g/mol. The summed E-state index contributed by atoms with van der Waals surface area (Å²) in [6.07, 6.45) is -0.265. The first-order valence-electron chi connectivity index (χ1n) is 11.3. The zero-order valence-electron chi connectivity index (χ0n) is 19.2. The number of halogens is 4. The van der Waals surface area contributed by atoms with Crippen LogP contribution in [0, 0.1) is 5.82 Å². The number of amides is 2. The van der Waals surface area contributed by atoms with E-state index in [1.165, 1.54) is 20.0 Å². The quantitative estimate of drug-likeness (QED) is 0.596. The van der Waals surface area contributed by atoms with E-state index >= 15 is 0 Å². The Morgan fingerprint density at radius 3 is 2.31 bits per heavy atom. The van der Waals surface area contributed by atoms with Crippen molar-refractivity contribution in [2.45, 2.75) is 69.4 Å². The van der Waals surface area contributed by atoms with E-state index in [0.29, 0.717) is 30.5 Å². The van der Waals surface area contributed by atoms with Gasteiger partial charge in [-0.2, -0.15) is 13.2 Å². The van der Waals surface area contributed by atoms with Crippen molar-refractivity contribution in [3.8, 4) is 5.75 Å². The number of carbonyl (C=O) groups excluding carboxylic acids is 2. The Morgan fingerprint density at radius 1 is 1.11 bits per heavy atom. The van der Waals surface area contributed by atoms with Crippen LogP contribution in [-0.2, 0) is 11.0 Å². The van der Waals surface area contributed by atoms with Crippen LogP contribution >= 0.6 is 0 Å². The first kappa shape index (κ1) is 24.7. The van der Waals surface area contributed by atoms with Gasteiger partial charge < -0.3 is 20.7 Å². The Hall–Kier alpha value is -3.37. The first-order valence-corrected chi connectivity index (χ1v) is 11.3. The van der Waals surface area contributed by atoms with Gasteiger partial charge in [-0.1, -0.05) is 0 Å². The van der Waals surface area contributed by atoms with E-state index < -0.39 is 35.0 Å². The number of nitrogens with one attached hydrogen (secondary N) is 1. The molecule has 2 unspecified atom stereocenters. The third-order valence-electron chi connectivity index (χ3n) is 6.53. The van der Waals surface area contributed by atoms with Crippen molar-refractivity contribution in [2.75, 3.05) is 4.90 Å². The number of hydrogen-bond acceptors (Lipinski definition) is 5. The molecule has 1 aromatic heterocycles. The van der Waals surface area contributed by atoms with Crippen LogP contribution in [0.15, 0.2) is 36.5 Å². The molecule has 0 spiro atoms.